The summed E-state index contributed by atoms with van der Waals surface area (Å²) in [4.78, 5) is 1.24. The van der Waals surface area contributed by atoms with E-state index in [1.165, 1.54) is 11.3 Å². The van der Waals surface area contributed by atoms with Gasteiger partial charge in [-0.15, -0.1) is 11.8 Å². The van der Waals surface area contributed by atoms with Gasteiger partial charge < -0.3 is 10.5 Å². The highest BCUT2D eigenvalue weighted by molar-refractivity contribution is 8.00. The summed E-state index contributed by atoms with van der Waals surface area (Å²) in [6, 6.07) is 8.59. The lowest BCUT2D eigenvalue weighted by Crippen LogP contribution is -2.15. The molecule has 0 radical (unpaired) electrons. The van der Waals surface area contributed by atoms with E-state index < -0.39 is 0 Å². The Hall–Kier alpha value is -0.670. The first-order valence-electron chi connectivity index (χ1n) is 5.35. The van der Waals surface area contributed by atoms with Crippen LogP contribution in [0.15, 0.2) is 29.2 Å². The van der Waals surface area contributed by atoms with Gasteiger partial charge in [-0.3, -0.25) is 0 Å². The molecule has 0 aromatic heterocycles. The van der Waals surface area contributed by atoms with Crippen LogP contribution in [0.4, 0.5) is 0 Å². The van der Waals surface area contributed by atoms with Crippen molar-refractivity contribution in [3.63, 3.8) is 0 Å². The summed E-state index contributed by atoms with van der Waals surface area (Å²) >= 11 is 1.90. The Morgan fingerprint density at radius 2 is 2.13 bits per heavy atom. The van der Waals surface area contributed by atoms with Crippen LogP contribution in [0.1, 0.15) is 19.3 Å². The van der Waals surface area contributed by atoms with Crippen LogP contribution in [0, 0.1) is 0 Å². The lowest BCUT2D eigenvalue weighted by Gasteiger charge is -2.12. The summed E-state index contributed by atoms with van der Waals surface area (Å²) in [6.07, 6.45) is 3.51. The number of nitrogens with two attached hydrogens (primary N) is 1. The maximum absolute atomic E-state index is 5.90. The molecule has 1 aromatic carbocycles. The van der Waals surface area contributed by atoms with Crippen molar-refractivity contribution in [1.29, 1.82) is 0 Å². The summed E-state index contributed by atoms with van der Waals surface area (Å²) in [5.74, 6) is 0.975. The predicted molar refractivity (Wildman–Crippen MR) is 64.5 cm³/mol. The van der Waals surface area contributed by atoms with Crippen LogP contribution in [0.2, 0.25) is 0 Å². The van der Waals surface area contributed by atoms with Gasteiger partial charge in [0.25, 0.3) is 0 Å². The first kappa shape index (κ1) is 10.8. The Bertz CT molecular complexity index is 329. The summed E-state index contributed by atoms with van der Waals surface area (Å²) in [7, 11) is 1.72. The molecule has 0 saturated heterocycles. The van der Waals surface area contributed by atoms with E-state index in [-0.39, 0.29) is 0 Å². The van der Waals surface area contributed by atoms with Crippen LogP contribution in [-0.2, 0) is 0 Å². The minimum absolute atomic E-state index is 0.400. The molecular weight excluding hydrogens is 206 g/mol. The lowest BCUT2D eigenvalue weighted by molar-refractivity contribution is 0.404. The van der Waals surface area contributed by atoms with Crippen molar-refractivity contribution in [1.82, 2.24) is 0 Å². The van der Waals surface area contributed by atoms with E-state index >= 15 is 0 Å². The van der Waals surface area contributed by atoms with Crippen LogP contribution < -0.4 is 10.5 Å². The number of methoxy groups -OCH3 is 1. The molecule has 1 fully saturated rings. The number of hydrogen-bond acceptors (Lipinski definition) is 3. The molecule has 2 N–H and O–H groups in total. The van der Waals surface area contributed by atoms with E-state index in [2.05, 4.69) is 12.1 Å². The van der Waals surface area contributed by atoms with Gasteiger partial charge in [-0.05, 0) is 31.4 Å². The zero-order valence-corrected chi connectivity index (χ0v) is 9.80. The van der Waals surface area contributed by atoms with Gasteiger partial charge in [0.15, 0.2) is 0 Å². The molecule has 2 nitrogen and oxygen atoms in total. The second-order valence-corrected chi connectivity index (χ2v) is 5.31. The van der Waals surface area contributed by atoms with Crippen molar-refractivity contribution in [3.8, 4) is 5.75 Å². The van der Waals surface area contributed by atoms with E-state index in [9.17, 15) is 0 Å². The van der Waals surface area contributed by atoms with Gasteiger partial charge >= 0.3 is 0 Å². The summed E-state index contributed by atoms with van der Waals surface area (Å²) < 4.78 is 5.33. The molecule has 1 saturated carbocycles. The molecule has 0 aliphatic heterocycles. The average Bonchev–Trinajstić information content (AvgIpc) is 2.65. The van der Waals surface area contributed by atoms with E-state index in [0.717, 1.165) is 18.6 Å². The Balaban J connectivity index is 2.04. The van der Waals surface area contributed by atoms with Crippen molar-refractivity contribution in [3.05, 3.63) is 24.3 Å². The molecule has 0 spiro atoms. The second kappa shape index (κ2) is 4.90. The van der Waals surface area contributed by atoms with E-state index in [4.69, 9.17) is 10.5 Å². The quantitative estimate of drug-likeness (QED) is 0.855. The fourth-order valence-electron chi connectivity index (χ4n) is 1.98. The van der Waals surface area contributed by atoms with Crippen molar-refractivity contribution in [2.45, 2.75) is 35.4 Å². The minimum Gasteiger partial charge on any atom is -0.496 e. The molecule has 1 aliphatic carbocycles. The van der Waals surface area contributed by atoms with Gasteiger partial charge in [-0.2, -0.15) is 0 Å². The first-order valence-corrected chi connectivity index (χ1v) is 6.23. The highest BCUT2D eigenvalue weighted by Crippen LogP contribution is 2.38. The second-order valence-electron chi connectivity index (χ2n) is 3.96. The largest absolute Gasteiger partial charge is 0.496 e. The molecule has 2 rings (SSSR count). The number of para-hydroxylation sites is 1. The third-order valence-electron chi connectivity index (χ3n) is 2.79. The van der Waals surface area contributed by atoms with Crippen LogP contribution >= 0.6 is 11.8 Å². The lowest BCUT2D eigenvalue weighted by atomic mass is 10.3. The topological polar surface area (TPSA) is 35.2 Å². The van der Waals surface area contributed by atoms with E-state index in [0.29, 0.717) is 11.3 Å². The van der Waals surface area contributed by atoms with Gasteiger partial charge in [0, 0.05) is 16.2 Å². The van der Waals surface area contributed by atoms with Crippen LogP contribution in [-0.4, -0.2) is 18.4 Å². The van der Waals surface area contributed by atoms with Crippen LogP contribution in [0.5, 0.6) is 5.75 Å². The standard InChI is InChI=1S/C12H17NOS/c1-14-11-4-2-3-5-12(11)15-10-7-6-9(13)8-10/h2-5,9-10H,6-8,13H2,1H3. The number of ether oxygens (including phenoxy) is 1. The molecule has 0 bridgehead atoms. The molecule has 0 amide bonds. The van der Waals surface area contributed by atoms with E-state index in [1.807, 2.05) is 23.9 Å². The number of benzene rings is 1. The fraction of sp³-hybridized carbons (Fsp3) is 0.500. The Morgan fingerprint density at radius 1 is 1.33 bits per heavy atom. The van der Waals surface area contributed by atoms with Gasteiger partial charge in [0.2, 0.25) is 0 Å². The van der Waals surface area contributed by atoms with Gasteiger partial charge in [0.1, 0.15) is 5.75 Å². The smallest absolute Gasteiger partial charge is 0.132 e. The normalized spacial score (nSPS) is 25.5. The molecule has 15 heavy (non-hydrogen) atoms. The Kier molecular flexibility index (Phi) is 3.54. The zero-order valence-electron chi connectivity index (χ0n) is 8.98. The zero-order chi connectivity index (χ0) is 10.7. The molecule has 2 atom stereocenters. The highest BCUT2D eigenvalue weighted by Gasteiger charge is 2.23. The summed E-state index contributed by atoms with van der Waals surface area (Å²) in [5, 5.41) is 0.663. The molecular formula is C12H17NOS. The van der Waals surface area contributed by atoms with Crippen LogP contribution in [0.25, 0.3) is 0 Å². The number of rotatable bonds is 3. The summed E-state index contributed by atoms with van der Waals surface area (Å²) in [6.45, 7) is 0. The molecule has 3 heteroatoms. The van der Waals surface area contributed by atoms with Gasteiger partial charge in [0.05, 0.1) is 7.11 Å². The van der Waals surface area contributed by atoms with Crippen molar-refractivity contribution < 1.29 is 4.74 Å². The average molecular weight is 223 g/mol. The Labute approximate surface area is 95.2 Å². The van der Waals surface area contributed by atoms with Crippen molar-refractivity contribution in [2.75, 3.05) is 7.11 Å². The third kappa shape index (κ3) is 2.67. The van der Waals surface area contributed by atoms with Crippen molar-refractivity contribution >= 4 is 11.8 Å². The Morgan fingerprint density at radius 3 is 2.80 bits per heavy atom. The third-order valence-corrected chi connectivity index (χ3v) is 4.14. The molecule has 1 aromatic rings. The predicted octanol–water partition coefficient (Wildman–Crippen LogP) is 2.67. The molecule has 2 unspecified atom stereocenters. The van der Waals surface area contributed by atoms with Crippen molar-refractivity contribution in [2.24, 2.45) is 5.73 Å². The fourth-order valence-corrected chi connectivity index (χ4v) is 3.36. The van der Waals surface area contributed by atoms with Gasteiger partial charge in [-0.25, -0.2) is 0 Å². The van der Waals surface area contributed by atoms with Crippen LogP contribution in [0.3, 0.4) is 0 Å². The highest BCUT2D eigenvalue weighted by atomic mass is 32.2. The SMILES string of the molecule is COc1ccccc1SC1CCC(N)C1. The van der Waals surface area contributed by atoms with E-state index in [1.54, 1.807) is 7.11 Å². The number of thioether (sulfide) groups is 1. The molecule has 0 heterocycles. The molecule has 82 valence electrons. The summed E-state index contributed by atoms with van der Waals surface area (Å²) in [5.41, 5.74) is 5.90. The minimum atomic E-state index is 0.400. The maximum atomic E-state index is 5.90. The van der Waals surface area contributed by atoms with Gasteiger partial charge in [-0.1, -0.05) is 12.1 Å². The monoisotopic (exact) mass is 223 g/mol. The molecule has 1 aliphatic rings. The first-order chi connectivity index (χ1) is 7.29. The number of hydrogen-bond donors (Lipinski definition) is 1. The maximum Gasteiger partial charge on any atom is 0.132 e.